The number of aliphatic hydroxyl groups is 1. The molecule has 1 N–H and O–H groups in total. The second-order valence-corrected chi connectivity index (χ2v) is 10.3. The van der Waals surface area contributed by atoms with E-state index in [1.54, 1.807) is 84.9 Å². The molecule has 1 heterocycles. The van der Waals surface area contributed by atoms with Crippen molar-refractivity contribution < 1.29 is 52.7 Å². The third kappa shape index (κ3) is 8.67. The van der Waals surface area contributed by atoms with Gasteiger partial charge >= 0.3 is 23.9 Å². The molecule has 0 aromatic heterocycles. The van der Waals surface area contributed by atoms with Crippen LogP contribution in [-0.4, -0.2) is 79.5 Å². The van der Waals surface area contributed by atoms with Crippen LogP contribution in [0.2, 0.25) is 0 Å². The van der Waals surface area contributed by atoms with Crippen molar-refractivity contribution in [2.45, 2.75) is 30.7 Å². The van der Waals surface area contributed by atoms with E-state index in [-0.39, 0.29) is 28.9 Å². The molecule has 5 rings (SSSR count). The van der Waals surface area contributed by atoms with Crippen molar-refractivity contribution in [1.82, 2.24) is 0 Å². The van der Waals surface area contributed by atoms with E-state index < -0.39 is 67.8 Å². The first-order valence-corrected chi connectivity index (χ1v) is 14.8. The predicted octanol–water partition coefficient (Wildman–Crippen LogP) is 4.25. The summed E-state index contributed by atoms with van der Waals surface area (Å²) in [6, 6.07) is 32.4. The number of benzene rings is 4. The maximum atomic E-state index is 13.5. The van der Waals surface area contributed by atoms with Gasteiger partial charge in [-0.25, -0.2) is 19.2 Å². The molecule has 242 valence electrons. The Balaban J connectivity index is 1.53. The van der Waals surface area contributed by atoms with Crippen molar-refractivity contribution >= 4 is 23.9 Å². The highest BCUT2D eigenvalue weighted by Gasteiger charge is 2.53. The fourth-order valence-corrected chi connectivity index (χ4v) is 4.83. The molecular formula is C36H32O11. The smallest absolute Gasteiger partial charge is 0.338 e. The average Bonchev–Trinajstić information content (AvgIpc) is 3.13. The van der Waals surface area contributed by atoms with Crippen molar-refractivity contribution in [3.8, 4) is 0 Å². The summed E-state index contributed by atoms with van der Waals surface area (Å²) in [7, 11) is 0. The number of carbonyl (C=O) groups excluding carboxylic acids is 4. The van der Waals surface area contributed by atoms with Crippen LogP contribution in [0.25, 0.3) is 0 Å². The highest BCUT2D eigenvalue weighted by molar-refractivity contribution is 5.91. The van der Waals surface area contributed by atoms with Crippen molar-refractivity contribution in [2.24, 2.45) is 0 Å². The third-order valence-electron chi connectivity index (χ3n) is 7.11. The van der Waals surface area contributed by atoms with Crippen molar-refractivity contribution in [3.63, 3.8) is 0 Å². The maximum absolute atomic E-state index is 13.5. The van der Waals surface area contributed by atoms with E-state index in [4.69, 9.17) is 28.4 Å². The summed E-state index contributed by atoms with van der Waals surface area (Å²) < 4.78 is 35.1. The van der Waals surface area contributed by atoms with Gasteiger partial charge in [0.15, 0.2) is 24.6 Å². The molecule has 47 heavy (non-hydrogen) atoms. The SMILES string of the molecule is O=C(OC[C@H]1O[C@@H](OCCO)[C@H](OC(=O)c2ccccc2)[C@@H](OC(=O)c2ccccc2)[C@H]1OC(=O)c1ccccc1)c1ccccc1. The van der Waals surface area contributed by atoms with E-state index in [0.29, 0.717) is 0 Å². The van der Waals surface area contributed by atoms with E-state index in [1.807, 2.05) is 0 Å². The average molecular weight is 641 g/mol. The molecule has 0 spiro atoms. The lowest BCUT2D eigenvalue weighted by atomic mass is 9.97. The number of hydrogen-bond acceptors (Lipinski definition) is 11. The summed E-state index contributed by atoms with van der Waals surface area (Å²) in [4.78, 5) is 53.1. The first-order valence-electron chi connectivity index (χ1n) is 14.8. The van der Waals surface area contributed by atoms with Gasteiger partial charge in [0.1, 0.15) is 12.7 Å². The van der Waals surface area contributed by atoms with Crippen LogP contribution in [0, 0.1) is 0 Å². The molecule has 1 aliphatic heterocycles. The van der Waals surface area contributed by atoms with Gasteiger partial charge in [-0.2, -0.15) is 0 Å². The van der Waals surface area contributed by atoms with Crippen LogP contribution in [0.4, 0.5) is 0 Å². The third-order valence-corrected chi connectivity index (χ3v) is 7.11. The first-order chi connectivity index (χ1) is 22.9. The standard InChI is InChI=1S/C36H32O11/c37-21-22-42-36-31(47-35(41)27-19-11-4-12-20-27)30(46-34(40)26-17-9-3-10-18-26)29(45-33(39)25-15-7-2-8-16-25)28(44-36)23-43-32(38)24-13-5-1-6-14-24/h1-20,28-31,36-37H,21-23H2/t28-,29+,30+,31-,36-/m1/s1. The van der Waals surface area contributed by atoms with Crippen molar-refractivity contribution in [3.05, 3.63) is 144 Å². The van der Waals surface area contributed by atoms with Gasteiger partial charge in [-0.1, -0.05) is 72.8 Å². The Bertz CT molecular complexity index is 1610. The minimum absolute atomic E-state index is 0.167. The van der Waals surface area contributed by atoms with Gasteiger partial charge in [0, 0.05) is 0 Å². The Morgan fingerprint density at radius 1 is 0.532 bits per heavy atom. The zero-order chi connectivity index (χ0) is 33.0. The zero-order valence-electron chi connectivity index (χ0n) is 25.1. The van der Waals surface area contributed by atoms with Gasteiger partial charge in [0.25, 0.3) is 0 Å². The molecule has 1 fully saturated rings. The molecule has 0 aliphatic carbocycles. The quantitative estimate of drug-likeness (QED) is 0.175. The highest BCUT2D eigenvalue weighted by Crippen LogP contribution is 2.31. The summed E-state index contributed by atoms with van der Waals surface area (Å²) in [5.41, 5.74) is 0.784. The molecule has 4 aromatic carbocycles. The monoisotopic (exact) mass is 640 g/mol. The second kappa shape index (κ2) is 16.3. The molecule has 0 radical (unpaired) electrons. The Hall–Kier alpha value is -5.36. The molecule has 11 heteroatoms. The predicted molar refractivity (Wildman–Crippen MR) is 165 cm³/mol. The second-order valence-electron chi connectivity index (χ2n) is 10.3. The maximum Gasteiger partial charge on any atom is 0.338 e. The summed E-state index contributed by atoms with van der Waals surface area (Å²) in [6.07, 6.45) is -7.23. The minimum atomic E-state index is -1.53. The van der Waals surface area contributed by atoms with Crippen LogP contribution in [0.1, 0.15) is 41.4 Å². The number of carbonyl (C=O) groups is 4. The number of ether oxygens (including phenoxy) is 6. The number of esters is 4. The van der Waals surface area contributed by atoms with Crippen LogP contribution < -0.4 is 0 Å². The van der Waals surface area contributed by atoms with Crippen molar-refractivity contribution in [2.75, 3.05) is 19.8 Å². The summed E-state index contributed by atoms with van der Waals surface area (Å²) >= 11 is 0. The van der Waals surface area contributed by atoms with Crippen LogP contribution in [0.5, 0.6) is 0 Å². The normalized spacial score (nSPS) is 20.4. The lowest BCUT2D eigenvalue weighted by Gasteiger charge is -2.44. The van der Waals surface area contributed by atoms with Crippen LogP contribution in [0.15, 0.2) is 121 Å². The van der Waals surface area contributed by atoms with E-state index in [0.717, 1.165) is 0 Å². The summed E-state index contributed by atoms with van der Waals surface area (Å²) in [6.45, 7) is -1.15. The fraction of sp³-hybridized carbons (Fsp3) is 0.222. The molecular weight excluding hydrogens is 608 g/mol. The van der Waals surface area contributed by atoms with Gasteiger partial charge in [0.05, 0.1) is 35.5 Å². The molecule has 4 aromatic rings. The van der Waals surface area contributed by atoms with Gasteiger partial charge in [0.2, 0.25) is 0 Å². The topological polar surface area (TPSA) is 144 Å². The lowest BCUT2D eigenvalue weighted by Crippen LogP contribution is -2.63. The van der Waals surface area contributed by atoms with Gasteiger partial charge in [-0.3, -0.25) is 0 Å². The van der Waals surface area contributed by atoms with E-state index in [1.165, 1.54) is 36.4 Å². The summed E-state index contributed by atoms with van der Waals surface area (Å²) in [5.74, 6) is -3.12. The molecule has 0 unspecified atom stereocenters. The number of hydrogen-bond donors (Lipinski definition) is 1. The van der Waals surface area contributed by atoms with Gasteiger partial charge < -0.3 is 33.5 Å². The Kier molecular flexibility index (Phi) is 11.4. The van der Waals surface area contributed by atoms with Crippen molar-refractivity contribution in [1.29, 1.82) is 0 Å². The molecule has 0 amide bonds. The molecule has 11 nitrogen and oxygen atoms in total. The molecule has 1 aliphatic rings. The largest absolute Gasteiger partial charge is 0.459 e. The molecule has 5 atom stereocenters. The fourth-order valence-electron chi connectivity index (χ4n) is 4.83. The van der Waals surface area contributed by atoms with Crippen LogP contribution in [-0.2, 0) is 28.4 Å². The number of aliphatic hydroxyl groups excluding tert-OH is 1. The highest BCUT2D eigenvalue weighted by atomic mass is 16.7. The lowest BCUT2D eigenvalue weighted by molar-refractivity contribution is -0.299. The first kappa shape index (κ1) is 33.0. The van der Waals surface area contributed by atoms with Gasteiger partial charge in [-0.15, -0.1) is 0 Å². The van der Waals surface area contributed by atoms with Crippen LogP contribution >= 0.6 is 0 Å². The van der Waals surface area contributed by atoms with E-state index in [2.05, 4.69) is 0 Å². The summed E-state index contributed by atoms with van der Waals surface area (Å²) in [5, 5.41) is 9.56. The van der Waals surface area contributed by atoms with E-state index >= 15 is 0 Å². The van der Waals surface area contributed by atoms with Gasteiger partial charge in [-0.05, 0) is 48.5 Å². The minimum Gasteiger partial charge on any atom is -0.459 e. The molecule has 1 saturated heterocycles. The zero-order valence-corrected chi connectivity index (χ0v) is 25.1. The molecule has 0 bridgehead atoms. The Morgan fingerprint density at radius 2 is 0.915 bits per heavy atom. The van der Waals surface area contributed by atoms with E-state index in [9.17, 15) is 24.3 Å². The Labute approximate surface area is 270 Å². The Morgan fingerprint density at radius 3 is 1.34 bits per heavy atom. The number of rotatable bonds is 12. The molecule has 0 saturated carbocycles. The van der Waals surface area contributed by atoms with Crippen LogP contribution in [0.3, 0.4) is 0 Å².